The average Bonchev–Trinajstić information content (AvgIpc) is 3.10. The highest BCUT2D eigenvalue weighted by molar-refractivity contribution is 7.17. The minimum absolute atomic E-state index is 0.705. The number of rotatable bonds is 4. The predicted octanol–water partition coefficient (Wildman–Crippen LogP) is 2.55. The molecule has 3 aromatic heterocycles. The smallest absolute Gasteiger partial charge is 0.224 e. The lowest BCUT2D eigenvalue weighted by Gasteiger charge is -2.36. The monoisotopic (exact) mass is 355 g/mol. The molecule has 3 aromatic rings. The molecule has 0 saturated carbocycles. The number of hydrogen-bond donors (Lipinski definition) is 1. The van der Waals surface area contributed by atoms with Crippen LogP contribution in [0.2, 0.25) is 0 Å². The van der Waals surface area contributed by atoms with E-state index >= 15 is 0 Å². The third-order valence-electron chi connectivity index (χ3n) is 4.30. The van der Waals surface area contributed by atoms with E-state index in [1.165, 1.54) is 4.70 Å². The van der Waals surface area contributed by atoms with Crippen LogP contribution in [0.4, 0.5) is 17.6 Å². The molecule has 0 aliphatic carbocycles. The van der Waals surface area contributed by atoms with Gasteiger partial charge in [-0.25, -0.2) is 15.0 Å². The molecule has 0 radical (unpaired) electrons. The molecule has 1 aliphatic rings. The van der Waals surface area contributed by atoms with Crippen molar-refractivity contribution < 1.29 is 0 Å². The lowest BCUT2D eigenvalue weighted by molar-refractivity contribution is 0.642. The third-order valence-corrected chi connectivity index (χ3v) is 5.20. The molecule has 130 valence electrons. The third kappa shape index (κ3) is 3.21. The Morgan fingerprint density at radius 3 is 2.72 bits per heavy atom. The summed E-state index contributed by atoms with van der Waals surface area (Å²) < 4.78 is 1.17. The van der Waals surface area contributed by atoms with Crippen LogP contribution in [-0.2, 0) is 0 Å². The number of piperazine rings is 1. The zero-order chi connectivity index (χ0) is 17.2. The molecule has 1 aliphatic heterocycles. The highest BCUT2D eigenvalue weighted by Gasteiger charge is 2.21. The maximum Gasteiger partial charge on any atom is 0.224 e. The van der Waals surface area contributed by atoms with Gasteiger partial charge in [0, 0.05) is 44.5 Å². The number of aromatic nitrogens is 4. The summed E-state index contributed by atoms with van der Waals surface area (Å²) in [6, 6.07) is 4.10. The van der Waals surface area contributed by atoms with Gasteiger partial charge in [0.25, 0.3) is 0 Å². The van der Waals surface area contributed by atoms with Crippen LogP contribution in [0.1, 0.15) is 12.6 Å². The Bertz CT molecular complexity index is 870. The molecule has 25 heavy (non-hydrogen) atoms. The van der Waals surface area contributed by atoms with E-state index in [0.29, 0.717) is 5.95 Å². The second-order valence-electron chi connectivity index (χ2n) is 6.03. The standard InChI is InChI=1S/C17H21N7S/c1-3-18-17-21-12(2)10-14(22-17)23-5-7-24(8-6-23)16-15-13(4-9-25-15)19-11-20-16/h4,9-11H,3,5-8H2,1-2H3,(H,18,21,22). The Kier molecular flexibility index (Phi) is 4.35. The lowest BCUT2D eigenvalue weighted by Crippen LogP contribution is -2.47. The van der Waals surface area contributed by atoms with Gasteiger partial charge in [-0.15, -0.1) is 11.3 Å². The Balaban J connectivity index is 1.51. The molecular weight excluding hydrogens is 334 g/mol. The zero-order valence-corrected chi connectivity index (χ0v) is 15.3. The summed E-state index contributed by atoms with van der Waals surface area (Å²) in [6.45, 7) is 8.56. The number of anilines is 3. The summed E-state index contributed by atoms with van der Waals surface area (Å²) >= 11 is 1.70. The van der Waals surface area contributed by atoms with Gasteiger partial charge < -0.3 is 15.1 Å². The van der Waals surface area contributed by atoms with Crippen molar-refractivity contribution in [2.45, 2.75) is 13.8 Å². The fourth-order valence-electron chi connectivity index (χ4n) is 3.10. The van der Waals surface area contributed by atoms with Crippen LogP contribution in [0, 0.1) is 6.92 Å². The number of fused-ring (bicyclic) bond motifs is 1. The van der Waals surface area contributed by atoms with Gasteiger partial charge in [-0.2, -0.15) is 4.98 Å². The van der Waals surface area contributed by atoms with Crippen molar-refractivity contribution in [3.8, 4) is 0 Å². The van der Waals surface area contributed by atoms with E-state index in [4.69, 9.17) is 0 Å². The summed E-state index contributed by atoms with van der Waals surface area (Å²) in [5.74, 6) is 2.75. The number of aryl methyl sites for hydroxylation is 1. The minimum Gasteiger partial charge on any atom is -0.354 e. The summed E-state index contributed by atoms with van der Waals surface area (Å²) in [5, 5.41) is 5.28. The first-order valence-electron chi connectivity index (χ1n) is 8.52. The highest BCUT2D eigenvalue weighted by atomic mass is 32.1. The predicted molar refractivity (Wildman–Crippen MR) is 103 cm³/mol. The summed E-state index contributed by atoms with van der Waals surface area (Å²) in [4.78, 5) is 22.6. The zero-order valence-electron chi connectivity index (χ0n) is 14.4. The van der Waals surface area contributed by atoms with Gasteiger partial charge in [-0.1, -0.05) is 0 Å². The topological polar surface area (TPSA) is 70.1 Å². The Hall–Kier alpha value is -2.48. The molecule has 0 unspecified atom stereocenters. The van der Waals surface area contributed by atoms with Gasteiger partial charge in [0.2, 0.25) is 5.95 Å². The quantitative estimate of drug-likeness (QED) is 0.771. The van der Waals surface area contributed by atoms with Gasteiger partial charge in [-0.05, 0) is 25.3 Å². The molecule has 1 saturated heterocycles. The van der Waals surface area contributed by atoms with Crippen molar-refractivity contribution in [1.29, 1.82) is 0 Å². The van der Waals surface area contributed by atoms with E-state index in [1.54, 1.807) is 17.7 Å². The molecule has 4 heterocycles. The molecule has 7 nitrogen and oxygen atoms in total. The van der Waals surface area contributed by atoms with Crippen LogP contribution in [0.3, 0.4) is 0 Å². The van der Waals surface area contributed by atoms with Crippen LogP contribution in [0.15, 0.2) is 23.8 Å². The van der Waals surface area contributed by atoms with Gasteiger partial charge >= 0.3 is 0 Å². The first-order valence-corrected chi connectivity index (χ1v) is 9.40. The van der Waals surface area contributed by atoms with Crippen molar-refractivity contribution >= 4 is 39.1 Å². The summed E-state index contributed by atoms with van der Waals surface area (Å²) in [6.07, 6.45) is 1.66. The maximum absolute atomic E-state index is 4.65. The van der Waals surface area contributed by atoms with Crippen LogP contribution in [-0.4, -0.2) is 52.7 Å². The van der Waals surface area contributed by atoms with E-state index in [-0.39, 0.29) is 0 Å². The van der Waals surface area contributed by atoms with Crippen LogP contribution in [0.5, 0.6) is 0 Å². The number of hydrogen-bond acceptors (Lipinski definition) is 8. The fraction of sp³-hybridized carbons (Fsp3) is 0.412. The first kappa shape index (κ1) is 16.0. The van der Waals surface area contributed by atoms with E-state index in [2.05, 4.69) is 53.4 Å². The van der Waals surface area contributed by atoms with Gasteiger partial charge in [-0.3, -0.25) is 0 Å². The van der Waals surface area contributed by atoms with E-state index in [0.717, 1.165) is 55.6 Å². The molecule has 1 fully saturated rings. The molecule has 0 spiro atoms. The maximum atomic E-state index is 4.65. The molecule has 0 bridgehead atoms. The SMILES string of the molecule is CCNc1nc(C)cc(N2CCN(c3ncnc4ccsc34)CC2)n1. The van der Waals surface area contributed by atoms with Crippen LogP contribution < -0.4 is 15.1 Å². The van der Waals surface area contributed by atoms with Crippen molar-refractivity contribution in [3.05, 3.63) is 29.5 Å². The van der Waals surface area contributed by atoms with Gasteiger partial charge in [0.1, 0.15) is 18.0 Å². The number of thiophene rings is 1. The van der Waals surface area contributed by atoms with Crippen molar-refractivity contribution in [2.24, 2.45) is 0 Å². The Labute approximate surface area is 150 Å². The van der Waals surface area contributed by atoms with E-state index < -0.39 is 0 Å². The van der Waals surface area contributed by atoms with Gasteiger partial charge in [0.15, 0.2) is 0 Å². The Morgan fingerprint density at radius 2 is 1.92 bits per heavy atom. The van der Waals surface area contributed by atoms with Crippen molar-refractivity contribution in [1.82, 2.24) is 19.9 Å². The number of nitrogens with zero attached hydrogens (tertiary/aromatic N) is 6. The van der Waals surface area contributed by atoms with E-state index in [1.807, 2.05) is 13.0 Å². The molecule has 0 atom stereocenters. The normalized spacial score (nSPS) is 15.0. The Morgan fingerprint density at radius 1 is 1.12 bits per heavy atom. The molecule has 0 amide bonds. The molecule has 0 aromatic carbocycles. The second-order valence-corrected chi connectivity index (χ2v) is 6.94. The largest absolute Gasteiger partial charge is 0.354 e. The summed E-state index contributed by atoms with van der Waals surface area (Å²) in [5.41, 5.74) is 2.01. The molecule has 8 heteroatoms. The highest BCUT2D eigenvalue weighted by Crippen LogP contribution is 2.29. The molecule has 1 N–H and O–H groups in total. The van der Waals surface area contributed by atoms with E-state index in [9.17, 15) is 0 Å². The first-order chi connectivity index (χ1) is 12.2. The van der Waals surface area contributed by atoms with Crippen LogP contribution in [0.25, 0.3) is 10.2 Å². The molecule has 4 rings (SSSR count). The van der Waals surface area contributed by atoms with Crippen molar-refractivity contribution in [3.63, 3.8) is 0 Å². The van der Waals surface area contributed by atoms with Crippen LogP contribution >= 0.6 is 11.3 Å². The lowest BCUT2D eigenvalue weighted by atomic mass is 10.3. The summed E-state index contributed by atoms with van der Waals surface area (Å²) in [7, 11) is 0. The molecular formula is C17H21N7S. The minimum atomic E-state index is 0.705. The van der Waals surface area contributed by atoms with Gasteiger partial charge in [0.05, 0.1) is 10.2 Å². The average molecular weight is 355 g/mol. The fourth-order valence-corrected chi connectivity index (χ4v) is 3.96. The second kappa shape index (κ2) is 6.79. The number of nitrogens with one attached hydrogen (secondary N) is 1. The van der Waals surface area contributed by atoms with Crippen molar-refractivity contribution in [2.75, 3.05) is 47.8 Å².